The molecule has 1 aliphatic heterocycles. The number of hydrogen-bond donors (Lipinski definition) is 1. The van der Waals surface area contributed by atoms with Gasteiger partial charge in [-0.3, -0.25) is 0 Å². The van der Waals surface area contributed by atoms with E-state index in [2.05, 4.69) is 25.7 Å². The van der Waals surface area contributed by atoms with Crippen molar-refractivity contribution in [3.05, 3.63) is 0 Å². The molecule has 1 atom stereocenters. The molecular weight excluding hydrogens is 208 g/mol. The standard InChI is InChI=1S/C11H24OSSi/c1-14(2,10-6-5-9-13)11-7-3-4-8-12-11/h11,13H,3-10H2,1-2H3. The second-order valence-electron chi connectivity index (χ2n) is 5.02. The summed E-state index contributed by atoms with van der Waals surface area (Å²) in [5, 5.41) is 0. The molecule has 0 amide bonds. The van der Waals surface area contributed by atoms with Crippen LogP contribution < -0.4 is 0 Å². The van der Waals surface area contributed by atoms with Crippen LogP contribution in [0, 0.1) is 0 Å². The van der Waals surface area contributed by atoms with Gasteiger partial charge in [-0.15, -0.1) is 0 Å². The molecule has 1 fully saturated rings. The second kappa shape index (κ2) is 6.18. The number of ether oxygens (including phenoxy) is 1. The monoisotopic (exact) mass is 232 g/mol. The van der Waals surface area contributed by atoms with Gasteiger partial charge in [0.2, 0.25) is 0 Å². The Balaban J connectivity index is 2.29. The topological polar surface area (TPSA) is 9.23 Å². The highest BCUT2D eigenvalue weighted by atomic mass is 32.1. The molecule has 84 valence electrons. The number of hydrogen-bond acceptors (Lipinski definition) is 2. The molecule has 0 aromatic carbocycles. The van der Waals surface area contributed by atoms with Crippen molar-refractivity contribution in [3.63, 3.8) is 0 Å². The van der Waals surface area contributed by atoms with E-state index in [0.717, 1.165) is 12.4 Å². The van der Waals surface area contributed by atoms with Crippen LogP contribution in [0.5, 0.6) is 0 Å². The fourth-order valence-electron chi connectivity index (χ4n) is 2.21. The van der Waals surface area contributed by atoms with Crippen molar-refractivity contribution in [2.24, 2.45) is 0 Å². The lowest BCUT2D eigenvalue weighted by molar-refractivity contribution is 0.0597. The molecule has 1 unspecified atom stereocenters. The Morgan fingerprint density at radius 1 is 1.29 bits per heavy atom. The van der Waals surface area contributed by atoms with Crippen molar-refractivity contribution in [3.8, 4) is 0 Å². The van der Waals surface area contributed by atoms with Crippen molar-refractivity contribution in [2.45, 2.75) is 57.0 Å². The lowest BCUT2D eigenvalue weighted by atomic mass is 10.2. The van der Waals surface area contributed by atoms with E-state index in [4.69, 9.17) is 4.74 Å². The van der Waals surface area contributed by atoms with Gasteiger partial charge in [-0.2, -0.15) is 12.6 Å². The maximum atomic E-state index is 5.92. The van der Waals surface area contributed by atoms with Gasteiger partial charge in [-0.1, -0.05) is 25.6 Å². The van der Waals surface area contributed by atoms with Crippen molar-refractivity contribution >= 4 is 20.7 Å². The molecular formula is C11H24OSSi. The van der Waals surface area contributed by atoms with E-state index >= 15 is 0 Å². The minimum Gasteiger partial charge on any atom is -0.382 e. The molecule has 0 N–H and O–H groups in total. The first kappa shape index (κ1) is 12.6. The zero-order valence-electron chi connectivity index (χ0n) is 9.59. The molecule has 1 heterocycles. The fraction of sp³-hybridized carbons (Fsp3) is 1.00. The van der Waals surface area contributed by atoms with Gasteiger partial charge in [0.05, 0.1) is 8.07 Å². The van der Waals surface area contributed by atoms with E-state index in [-0.39, 0.29) is 0 Å². The van der Waals surface area contributed by atoms with E-state index < -0.39 is 8.07 Å². The SMILES string of the molecule is C[Si](C)(CCCCS)C1CCCCO1. The summed E-state index contributed by atoms with van der Waals surface area (Å²) in [7, 11) is -1.10. The molecule has 3 heteroatoms. The number of thiol groups is 1. The van der Waals surface area contributed by atoms with Gasteiger partial charge in [-0.25, -0.2) is 0 Å². The molecule has 1 rings (SSSR count). The van der Waals surface area contributed by atoms with Gasteiger partial charge in [0.15, 0.2) is 0 Å². The van der Waals surface area contributed by atoms with E-state index in [1.807, 2.05) is 0 Å². The summed E-state index contributed by atoms with van der Waals surface area (Å²) < 4.78 is 5.92. The molecule has 0 radical (unpaired) electrons. The first-order chi connectivity index (χ1) is 6.67. The third-order valence-corrected chi connectivity index (χ3v) is 7.44. The molecule has 1 nitrogen and oxygen atoms in total. The van der Waals surface area contributed by atoms with Crippen LogP contribution in [0.2, 0.25) is 19.1 Å². The van der Waals surface area contributed by atoms with E-state index in [1.54, 1.807) is 0 Å². The van der Waals surface area contributed by atoms with Crippen LogP contribution in [0.1, 0.15) is 32.1 Å². The summed E-state index contributed by atoms with van der Waals surface area (Å²) in [6.45, 7) is 5.98. The molecule has 0 bridgehead atoms. The van der Waals surface area contributed by atoms with Gasteiger partial charge in [0.25, 0.3) is 0 Å². The van der Waals surface area contributed by atoms with Crippen LogP contribution in [0.4, 0.5) is 0 Å². The first-order valence-electron chi connectivity index (χ1n) is 5.89. The molecule has 0 aromatic heterocycles. The number of unbranched alkanes of at least 4 members (excludes halogenated alkanes) is 1. The first-order valence-corrected chi connectivity index (χ1v) is 9.81. The molecule has 0 aromatic rings. The highest BCUT2D eigenvalue weighted by Gasteiger charge is 2.32. The Hall–Kier alpha value is 0.527. The average Bonchev–Trinajstić information content (AvgIpc) is 2.19. The summed E-state index contributed by atoms with van der Waals surface area (Å²) >= 11 is 4.26. The van der Waals surface area contributed by atoms with E-state index in [0.29, 0.717) is 5.73 Å². The van der Waals surface area contributed by atoms with Crippen LogP contribution in [-0.2, 0) is 4.74 Å². The van der Waals surface area contributed by atoms with Crippen LogP contribution in [0.15, 0.2) is 0 Å². The minimum absolute atomic E-state index is 0.635. The maximum Gasteiger partial charge on any atom is 0.0815 e. The molecule has 0 aliphatic carbocycles. The van der Waals surface area contributed by atoms with Crippen molar-refractivity contribution in [1.29, 1.82) is 0 Å². The summed E-state index contributed by atoms with van der Waals surface area (Å²) in [4.78, 5) is 0. The summed E-state index contributed by atoms with van der Waals surface area (Å²) in [6, 6.07) is 1.41. The summed E-state index contributed by atoms with van der Waals surface area (Å²) in [5.74, 6) is 1.04. The normalized spacial score (nSPS) is 23.8. The van der Waals surface area contributed by atoms with E-state index in [9.17, 15) is 0 Å². The van der Waals surface area contributed by atoms with Crippen LogP contribution in [0.3, 0.4) is 0 Å². The van der Waals surface area contributed by atoms with Gasteiger partial charge in [-0.05, 0) is 31.4 Å². The van der Waals surface area contributed by atoms with Gasteiger partial charge in [0, 0.05) is 12.3 Å². The van der Waals surface area contributed by atoms with Gasteiger partial charge in [0.1, 0.15) is 0 Å². The van der Waals surface area contributed by atoms with Gasteiger partial charge >= 0.3 is 0 Å². The van der Waals surface area contributed by atoms with Gasteiger partial charge < -0.3 is 4.74 Å². The third kappa shape index (κ3) is 3.95. The van der Waals surface area contributed by atoms with Crippen molar-refractivity contribution < 1.29 is 4.74 Å². The maximum absolute atomic E-state index is 5.92. The molecule has 14 heavy (non-hydrogen) atoms. The highest BCUT2D eigenvalue weighted by molar-refractivity contribution is 7.80. The zero-order chi connectivity index (χ0) is 10.4. The van der Waals surface area contributed by atoms with Crippen LogP contribution in [0.25, 0.3) is 0 Å². The molecule has 1 saturated heterocycles. The highest BCUT2D eigenvalue weighted by Crippen LogP contribution is 2.26. The van der Waals surface area contributed by atoms with E-state index in [1.165, 1.54) is 38.1 Å². The Labute approximate surface area is 95.0 Å². The lowest BCUT2D eigenvalue weighted by Gasteiger charge is -2.35. The van der Waals surface area contributed by atoms with Crippen molar-refractivity contribution in [2.75, 3.05) is 12.4 Å². The smallest absolute Gasteiger partial charge is 0.0815 e. The quantitative estimate of drug-likeness (QED) is 0.433. The predicted octanol–water partition coefficient (Wildman–Crippen LogP) is 3.51. The Kier molecular flexibility index (Phi) is 5.56. The Morgan fingerprint density at radius 3 is 2.64 bits per heavy atom. The molecule has 1 aliphatic rings. The zero-order valence-corrected chi connectivity index (χ0v) is 11.5. The minimum atomic E-state index is -1.10. The number of rotatable bonds is 5. The van der Waals surface area contributed by atoms with Crippen LogP contribution >= 0.6 is 12.6 Å². The molecule has 0 spiro atoms. The summed E-state index contributed by atoms with van der Waals surface area (Å²) in [6.07, 6.45) is 6.60. The largest absolute Gasteiger partial charge is 0.382 e. The average molecular weight is 232 g/mol. The summed E-state index contributed by atoms with van der Waals surface area (Å²) in [5.41, 5.74) is 0.635. The third-order valence-electron chi connectivity index (χ3n) is 3.28. The molecule has 0 saturated carbocycles. The Bertz CT molecular complexity index is 155. The predicted molar refractivity (Wildman–Crippen MR) is 69.0 cm³/mol. The second-order valence-corrected chi connectivity index (χ2v) is 10.6. The van der Waals surface area contributed by atoms with Crippen LogP contribution in [-0.4, -0.2) is 26.2 Å². The van der Waals surface area contributed by atoms with Crippen molar-refractivity contribution in [1.82, 2.24) is 0 Å². The lowest BCUT2D eigenvalue weighted by Crippen LogP contribution is -2.45. The fourth-order valence-corrected chi connectivity index (χ4v) is 5.47. The Morgan fingerprint density at radius 2 is 2.07 bits per heavy atom.